The van der Waals surface area contributed by atoms with Crippen LogP contribution >= 0.6 is 22.7 Å². The highest BCUT2D eigenvalue weighted by atomic mass is 32.1. The number of aryl methyl sites for hydroxylation is 1. The van der Waals surface area contributed by atoms with Crippen molar-refractivity contribution in [3.8, 4) is 5.75 Å². The highest BCUT2D eigenvalue weighted by Crippen LogP contribution is 2.29. The molecule has 0 saturated heterocycles. The van der Waals surface area contributed by atoms with Crippen LogP contribution in [0.3, 0.4) is 0 Å². The minimum Gasteiger partial charge on any atom is -0.435 e. The number of fused-ring (bicyclic) bond motifs is 1. The molecule has 2 N–H and O–H groups in total. The Balaban J connectivity index is 1.42. The molecule has 0 aliphatic carbocycles. The molecule has 29 heavy (non-hydrogen) atoms. The van der Waals surface area contributed by atoms with Gasteiger partial charge in [-0.05, 0) is 42.8 Å². The molecule has 2 heterocycles. The number of thiazole rings is 2. The number of amides is 1. The van der Waals surface area contributed by atoms with Crippen LogP contribution in [0.4, 0.5) is 24.7 Å². The average Bonchev–Trinajstić information content (AvgIpc) is 3.30. The minimum absolute atomic E-state index is 0.0656. The normalized spacial score (nSPS) is 11.0. The largest absolute Gasteiger partial charge is 0.435 e. The SMILES string of the molecule is Cc1cccc2sc(NC(=O)c3csc(Nc4ccc(OC(F)F)cc4)n3)nc12. The number of carbonyl (C=O) groups excluding carboxylic acids is 1. The molecule has 0 atom stereocenters. The number of rotatable bonds is 6. The van der Waals surface area contributed by atoms with E-state index in [0.717, 1.165) is 15.8 Å². The summed E-state index contributed by atoms with van der Waals surface area (Å²) in [5.41, 5.74) is 2.80. The lowest BCUT2D eigenvalue weighted by atomic mass is 10.2. The standard InChI is InChI=1S/C19H14F2N4O2S2/c1-10-3-2-4-14-15(10)24-19(29-14)25-16(26)13-9-28-18(23-13)22-11-5-7-12(8-6-11)27-17(20)21/h2-9,17H,1H3,(H,22,23)(H,24,25,26). The summed E-state index contributed by atoms with van der Waals surface area (Å²) in [6, 6.07) is 11.9. The van der Waals surface area contributed by atoms with Gasteiger partial charge < -0.3 is 10.1 Å². The van der Waals surface area contributed by atoms with Gasteiger partial charge >= 0.3 is 6.61 Å². The van der Waals surface area contributed by atoms with E-state index in [1.165, 1.54) is 34.8 Å². The number of hydrogen-bond acceptors (Lipinski definition) is 7. The molecular formula is C19H14F2N4O2S2. The smallest absolute Gasteiger partial charge is 0.387 e. The van der Waals surface area contributed by atoms with Crippen molar-refractivity contribution in [2.24, 2.45) is 0 Å². The van der Waals surface area contributed by atoms with Gasteiger partial charge in [-0.2, -0.15) is 8.78 Å². The molecule has 148 valence electrons. The number of halogens is 2. The van der Waals surface area contributed by atoms with Crippen molar-refractivity contribution in [2.75, 3.05) is 10.6 Å². The zero-order chi connectivity index (χ0) is 20.4. The van der Waals surface area contributed by atoms with Crippen LogP contribution < -0.4 is 15.4 Å². The van der Waals surface area contributed by atoms with Crippen molar-refractivity contribution < 1.29 is 18.3 Å². The first-order valence-electron chi connectivity index (χ1n) is 8.43. The Kier molecular flexibility index (Phi) is 5.36. The van der Waals surface area contributed by atoms with Gasteiger partial charge in [0.1, 0.15) is 11.4 Å². The van der Waals surface area contributed by atoms with Gasteiger partial charge in [0, 0.05) is 11.1 Å². The van der Waals surface area contributed by atoms with Crippen LogP contribution in [0.15, 0.2) is 47.8 Å². The van der Waals surface area contributed by atoms with E-state index in [0.29, 0.717) is 16.0 Å². The van der Waals surface area contributed by atoms with Crippen LogP contribution in [0, 0.1) is 6.92 Å². The van der Waals surface area contributed by atoms with Gasteiger partial charge in [0.05, 0.1) is 10.2 Å². The van der Waals surface area contributed by atoms with E-state index in [1.807, 2.05) is 25.1 Å². The Morgan fingerprint density at radius 3 is 2.62 bits per heavy atom. The van der Waals surface area contributed by atoms with Gasteiger partial charge in [-0.1, -0.05) is 23.5 Å². The van der Waals surface area contributed by atoms with Gasteiger partial charge in [0.2, 0.25) is 0 Å². The predicted octanol–water partition coefficient (Wildman–Crippen LogP) is 5.66. The number of para-hydroxylation sites is 1. The van der Waals surface area contributed by atoms with Crippen molar-refractivity contribution in [2.45, 2.75) is 13.5 Å². The molecule has 0 fully saturated rings. The number of benzene rings is 2. The predicted molar refractivity (Wildman–Crippen MR) is 111 cm³/mol. The summed E-state index contributed by atoms with van der Waals surface area (Å²) in [6.45, 7) is -0.897. The summed E-state index contributed by atoms with van der Waals surface area (Å²) in [7, 11) is 0. The number of carbonyl (C=O) groups is 1. The Labute approximate surface area is 172 Å². The zero-order valence-electron chi connectivity index (χ0n) is 15.0. The lowest BCUT2D eigenvalue weighted by Crippen LogP contribution is -2.12. The van der Waals surface area contributed by atoms with Crippen LogP contribution in [-0.2, 0) is 0 Å². The minimum atomic E-state index is -2.87. The molecule has 4 aromatic rings. The summed E-state index contributed by atoms with van der Waals surface area (Å²) in [5, 5.41) is 8.44. The number of nitrogens with one attached hydrogen (secondary N) is 2. The summed E-state index contributed by atoms with van der Waals surface area (Å²) in [4.78, 5) is 21.2. The average molecular weight is 432 g/mol. The lowest BCUT2D eigenvalue weighted by Gasteiger charge is -2.06. The van der Waals surface area contributed by atoms with E-state index in [9.17, 15) is 13.6 Å². The van der Waals surface area contributed by atoms with E-state index in [-0.39, 0.29) is 17.4 Å². The maximum Gasteiger partial charge on any atom is 0.387 e. The number of hydrogen-bond donors (Lipinski definition) is 2. The third-order valence-corrected chi connectivity index (χ3v) is 5.60. The van der Waals surface area contributed by atoms with Crippen molar-refractivity contribution in [3.05, 3.63) is 59.1 Å². The monoisotopic (exact) mass is 432 g/mol. The van der Waals surface area contributed by atoms with E-state index >= 15 is 0 Å². The first-order valence-corrected chi connectivity index (χ1v) is 10.1. The molecule has 4 rings (SSSR count). The van der Waals surface area contributed by atoms with Crippen LogP contribution in [-0.4, -0.2) is 22.5 Å². The van der Waals surface area contributed by atoms with Crippen LogP contribution in [0.25, 0.3) is 10.2 Å². The maximum atomic E-state index is 12.5. The molecule has 6 nitrogen and oxygen atoms in total. The molecule has 0 saturated carbocycles. The topological polar surface area (TPSA) is 76.1 Å². The van der Waals surface area contributed by atoms with E-state index in [1.54, 1.807) is 17.5 Å². The van der Waals surface area contributed by atoms with Gasteiger partial charge in [-0.3, -0.25) is 10.1 Å². The quantitative estimate of drug-likeness (QED) is 0.411. The molecule has 2 aromatic heterocycles. The molecule has 10 heteroatoms. The molecule has 1 amide bonds. The lowest BCUT2D eigenvalue weighted by molar-refractivity contribution is -0.0498. The highest BCUT2D eigenvalue weighted by molar-refractivity contribution is 7.22. The van der Waals surface area contributed by atoms with Crippen molar-refractivity contribution in [3.63, 3.8) is 0 Å². The fraction of sp³-hybridized carbons (Fsp3) is 0.105. The zero-order valence-corrected chi connectivity index (χ0v) is 16.6. The number of aromatic nitrogens is 2. The Morgan fingerprint density at radius 1 is 1.10 bits per heavy atom. The van der Waals surface area contributed by atoms with Crippen LogP contribution in [0.2, 0.25) is 0 Å². The van der Waals surface area contributed by atoms with Gasteiger partial charge in [-0.15, -0.1) is 11.3 Å². The second-order valence-electron chi connectivity index (χ2n) is 5.96. The number of alkyl halides is 2. The summed E-state index contributed by atoms with van der Waals surface area (Å²) in [6.07, 6.45) is 0. The maximum absolute atomic E-state index is 12.5. The van der Waals surface area contributed by atoms with Gasteiger partial charge in [0.25, 0.3) is 5.91 Å². The second kappa shape index (κ2) is 8.10. The number of nitrogens with zero attached hydrogens (tertiary/aromatic N) is 2. The molecular weight excluding hydrogens is 418 g/mol. The first-order chi connectivity index (χ1) is 14.0. The molecule has 0 radical (unpaired) electrons. The molecule has 0 unspecified atom stereocenters. The highest BCUT2D eigenvalue weighted by Gasteiger charge is 2.14. The first kappa shape index (κ1) is 19.2. The van der Waals surface area contributed by atoms with Crippen molar-refractivity contribution >= 4 is 54.7 Å². The molecule has 0 bridgehead atoms. The Morgan fingerprint density at radius 2 is 1.90 bits per heavy atom. The van der Waals surface area contributed by atoms with Crippen molar-refractivity contribution in [1.29, 1.82) is 0 Å². The van der Waals surface area contributed by atoms with E-state index in [4.69, 9.17) is 0 Å². The van der Waals surface area contributed by atoms with Gasteiger partial charge in [-0.25, -0.2) is 9.97 Å². The molecule has 0 aliphatic heterocycles. The third kappa shape index (κ3) is 4.49. The second-order valence-corrected chi connectivity index (χ2v) is 7.85. The van der Waals surface area contributed by atoms with Crippen LogP contribution in [0.1, 0.15) is 16.1 Å². The van der Waals surface area contributed by atoms with Crippen molar-refractivity contribution in [1.82, 2.24) is 9.97 Å². The Hall–Kier alpha value is -3.11. The Bertz CT molecular complexity index is 1160. The molecule has 2 aromatic carbocycles. The summed E-state index contributed by atoms with van der Waals surface area (Å²) in [5.74, 6) is -0.289. The molecule has 0 aliphatic rings. The summed E-state index contributed by atoms with van der Waals surface area (Å²) < 4.78 is 29.7. The van der Waals surface area contributed by atoms with E-state index in [2.05, 4.69) is 25.3 Å². The number of ether oxygens (including phenoxy) is 1. The fourth-order valence-electron chi connectivity index (χ4n) is 2.58. The fourth-order valence-corrected chi connectivity index (χ4v) is 4.23. The molecule has 0 spiro atoms. The van der Waals surface area contributed by atoms with E-state index < -0.39 is 6.61 Å². The summed E-state index contributed by atoms with van der Waals surface area (Å²) >= 11 is 2.66. The number of anilines is 3. The van der Waals surface area contributed by atoms with Crippen LogP contribution in [0.5, 0.6) is 5.75 Å². The third-order valence-electron chi connectivity index (χ3n) is 3.91. The van der Waals surface area contributed by atoms with Gasteiger partial charge in [0.15, 0.2) is 10.3 Å².